The molecule has 7 nitrogen and oxygen atoms in total. The van der Waals surface area contributed by atoms with Crippen LogP contribution in [0.2, 0.25) is 0 Å². The molecule has 2 aromatic rings. The lowest BCUT2D eigenvalue weighted by Gasteiger charge is -2.23. The van der Waals surface area contributed by atoms with Crippen molar-refractivity contribution in [2.75, 3.05) is 19.6 Å². The molecule has 8 heteroatoms. The molecule has 0 atom stereocenters. The average Bonchev–Trinajstić information content (AvgIpc) is 3.33. The first-order valence-electron chi connectivity index (χ1n) is 9.39. The summed E-state index contributed by atoms with van der Waals surface area (Å²) in [6, 6.07) is 7.39. The molecule has 0 radical (unpaired) electrons. The van der Waals surface area contributed by atoms with Gasteiger partial charge in [-0.15, -0.1) is 17.5 Å². The highest BCUT2D eigenvalue weighted by molar-refractivity contribution is 5.92. The number of nitrogens with zero attached hydrogens (tertiary/aromatic N) is 4. The Bertz CT molecular complexity index is 771. The van der Waals surface area contributed by atoms with Gasteiger partial charge in [-0.1, -0.05) is 17.3 Å². The maximum absolute atomic E-state index is 13.0. The van der Waals surface area contributed by atoms with Crippen LogP contribution in [-0.2, 0) is 6.54 Å². The van der Waals surface area contributed by atoms with Gasteiger partial charge in [0.1, 0.15) is 5.75 Å². The zero-order valence-electron chi connectivity index (χ0n) is 15.3. The van der Waals surface area contributed by atoms with Crippen LogP contribution in [-0.4, -0.2) is 50.5 Å². The number of aromatic nitrogens is 3. The number of hydrogen-bond donors (Lipinski definition) is 2. The van der Waals surface area contributed by atoms with Crippen LogP contribution in [0.15, 0.2) is 30.5 Å². The number of aromatic hydroxyl groups is 1. The van der Waals surface area contributed by atoms with Gasteiger partial charge in [0.15, 0.2) is 5.69 Å². The molecular formula is C19H26ClN5O2. The second kappa shape index (κ2) is 8.71. The molecule has 2 N–H and O–H groups in total. The predicted octanol–water partition coefficient (Wildman–Crippen LogP) is 2.38. The Hall–Kier alpha value is -2.12. The van der Waals surface area contributed by atoms with Crippen molar-refractivity contribution in [1.29, 1.82) is 0 Å². The van der Waals surface area contributed by atoms with E-state index in [0.29, 0.717) is 24.2 Å². The molecule has 1 aromatic carbocycles. The first kappa shape index (κ1) is 19.6. The molecule has 0 bridgehead atoms. The summed E-state index contributed by atoms with van der Waals surface area (Å²) in [7, 11) is 0. The van der Waals surface area contributed by atoms with Crippen molar-refractivity contribution >= 4 is 18.3 Å². The highest BCUT2D eigenvalue weighted by Gasteiger charge is 2.29. The highest BCUT2D eigenvalue weighted by atomic mass is 35.5. The van der Waals surface area contributed by atoms with Crippen molar-refractivity contribution in [3.63, 3.8) is 0 Å². The average molecular weight is 392 g/mol. The minimum atomic E-state index is -0.0829. The van der Waals surface area contributed by atoms with E-state index in [4.69, 9.17) is 0 Å². The maximum atomic E-state index is 13.0. The molecule has 0 spiro atoms. The van der Waals surface area contributed by atoms with Crippen LogP contribution in [0, 0.1) is 5.92 Å². The van der Waals surface area contributed by atoms with E-state index in [1.807, 2.05) is 15.6 Å². The molecule has 0 unspecified atom stereocenters. The van der Waals surface area contributed by atoms with Crippen molar-refractivity contribution in [2.24, 2.45) is 5.92 Å². The van der Waals surface area contributed by atoms with Crippen LogP contribution in [0.5, 0.6) is 5.75 Å². The number of phenols is 1. The molecule has 2 aliphatic rings. The van der Waals surface area contributed by atoms with E-state index in [1.165, 1.54) is 12.8 Å². The van der Waals surface area contributed by atoms with E-state index in [1.54, 1.807) is 24.4 Å². The summed E-state index contributed by atoms with van der Waals surface area (Å²) in [5.74, 6) is 0.717. The Labute approximate surface area is 165 Å². The lowest BCUT2D eigenvalue weighted by molar-refractivity contribution is 0.0728. The van der Waals surface area contributed by atoms with Crippen LogP contribution in [0.3, 0.4) is 0 Å². The van der Waals surface area contributed by atoms with Gasteiger partial charge < -0.3 is 15.3 Å². The maximum Gasteiger partial charge on any atom is 0.276 e. The van der Waals surface area contributed by atoms with Crippen molar-refractivity contribution in [3.05, 3.63) is 41.7 Å². The van der Waals surface area contributed by atoms with Gasteiger partial charge >= 0.3 is 0 Å². The number of hydrogen-bond acceptors (Lipinski definition) is 5. The molecule has 27 heavy (non-hydrogen) atoms. The van der Waals surface area contributed by atoms with Gasteiger partial charge in [0, 0.05) is 13.1 Å². The number of phenolic OH excluding ortho intramolecular Hbond substituents is 1. The van der Waals surface area contributed by atoms with Crippen LogP contribution >= 0.6 is 12.4 Å². The lowest BCUT2D eigenvalue weighted by Crippen LogP contribution is -2.33. The number of halogens is 1. The predicted molar refractivity (Wildman–Crippen MR) is 104 cm³/mol. The zero-order chi connectivity index (χ0) is 17.9. The van der Waals surface area contributed by atoms with E-state index < -0.39 is 0 Å². The van der Waals surface area contributed by atoms with Crippen LogP contribution < -0.4 is 5.32 Å². The Balaban J connectivity index is 0.00000210. The van der Waals surface area contributed by atoms with Gasteiger partial charge in [0.05, 0.1) is 12.2 Å². The summed E-state index contributed by atoms with van der Waals surface area (Å²) in [6.45, 7) is 3.15. The molecule has 1 aromatic heterocycles. The Morgan fingerprint density at radius 1 is 1.26 bits per heavy atom. The molecule has 146 valence electrons. The third kappa shape index (κ3) is 4.99. The fourth-order valence-corrected chi connectivity index (χ4v) is 3.49. The third-order valence-electron chi connectivity index (χ3n) is 5.16. The zero-order valence-corrected chi connectivity index (χ0v) is 16.1. The smallest absolute Gasteiger partial charge is 0.276 e. The molecule has 1 aliphatic heterocycles. The van der Waals surface area contributed by atoms with Gasteiger partial charge in [0.25, 0.3) is 5.91 Å². The van der Waals surface area contributed by atoms with Gasteiger partial charge in [0.2, 0.25) is 0 Å². The Morgan fingerprint density at radius 2 is 2.04 bits per heavy atom. The summed E-state index contributed by atoms with van der Waals surface area (Å²) < 4.78 is 1.84. The quantitative estimate of drug-likeness (QED) is 0.789. The molecular weight excluding hydrogens is 366 g/mol. The van der Waals surface area contributed by atoms with Crippen molar-refractivity contribution < 1.29 is 9.90 Å². The molecule has 1 saturated carbocycles. The van der Waals surface area contributed by atoms with Crippen LogP contribution in [0.1, 0.15) is 47.8 Å². The van der Waals surface area contributed by atoms with E-state index >= 15 is 0 Å². The summed E-state index contributed by atoms with van der Waals surface area (Å²) >= 11 is 0. The second-order valence-electron chi connectivity index (χ2n) is 7.36. The number of carbonyl (C=O) groups is 1. The standard InChI is InChI=1S/C19H25N5O2.ClH/c25-17-3-1-2-15(10-17)12-23(11-14-4-5-14)19(26)18-13-24(22-21-18)16-6-8-20-9-7-16;/h1-3,10,13-14,16,20,25H,4-9,11-12H2;1H. The number of nitrogens with one attached hydrogen (secondary N) is 1. The van der Waals surface area contributed by atoms with E-state index in [2.05, 4.69) is 15.6 Å². The summed E-state index contributed by atoms with van der Waals surface area (Å²) in [5.41, 5.74) is 1.33. The van der Waals surface area contributed by atoms with Gasteiger partial charge in [-0.3, -0.25) is 4.79 Å². The van der Waals surface area contributed by atoms with Gasteiger partial charge in [-0.05, 0) is 62.4 Å². The van der Waals surface area contributed by atoms with Crippen LogP contribution in [0.4, 0.5) is 0 Å². The number of carbonyl (C=O) groups excluding carboxylic acids is 1. The highest BCUT2D eigenvalue weighted by Crippen LogP contribution is 2.31. The number of benzene rings is 1. The van der Waals surface area contributed by atoms with Gasteiger partial charge in [-0.2, -0.15) is 0 Å². The first-order valence-corrected chi connectivity index (χ1v) is 9.39. The largest absolute Gasteiger partial charge is 0.508 e. The van der Waals surface area contributed by atoms with Crippen LogP contribution in [0.25, 0.3) is 0 Å². The fourth-order valence-electron chi connectivity index (χ4n) is 3.49. The topological polar surface area (TPSA) is 83.3 Å². The number of amides is 1. The minimum Gasteiger partial charge on any atom is -0.508 e. The third-order valence-corrected chi connectivity index (χ3v) is 5.16. The summed E-state index contributed by atoms with van der Waals surface area (Å²) in [6.07, 6.45) is 6.15. The Kier molecular flexibility index (Phi) is 6.34. The minimum absolute atomic E-state index is 0. The lowest BCUT2D eigenvalue weighted by atomic mass is 10.1. The first-order chi connectivity index (χ1) is 12.7. The van der Waals surface area contributed by atoms with Crippen molar-refractivity contribution in [1.82, 2.24) is 25.2 Å². The number of rotatable bonds is 6. The SMILES string of the molecule is Cl.O=C(c1cn(C2CCNCC2)nn1)N(Cc1cccc(O)c1)CC1CC1. The Morgan fingerprint density at radius 3 is 2.74 bits per heavy atom. The van der Waals surface area contributed by atoms with Crippen molar-refractivity contribution in [2.45, 2.75) is 38.3 Å². The van der Waals surface area contributed by atoms with E-state index in [9.17, 15) is 9.90 Å². The monoisotopic (exact) mass is 391 g/mol. The van der Waals surface area contributed by atoms with E-state index in [0.717, 1.165) is 38.0 Å². The molecule has 1 amide bonds. The van der Waals surface area contributed by atoms with E-state index in [-0.39, 0.29) is 24.1 Å². The summed E-state index contributed by atoms with van der Waals surface area (Å²) in [5, 5.41) is 21.4. The molecule has 4 rings (SSSR count). The molecule has 1 aliphatic carbocycles. The number of piperidine rings is 1. The van der Waals surface area contributed by atoms with Crippen molar-refractivity contribution in [3.8, 4) is 5.75 Å². The second-order valence-corrected chi connectivity index (χ2v) is 7.36. The normalized spacial score (nSPS) is 17.3. The molecule has 2 fully saturated rings. The van der Waals surface area contributed by atoms with Gasteiger partial charge in [-0.25, -0.2) is 4.68 Å². The summed E-state index contributed by atoms with van der Waals surface area (Å²) in [4.78, 5) is 14.9. The molecule has 1 saturated heterocycles. The molecule has 2 heterocycles. The fraction of sp³-hybridized carbons (Fsp3) is 0.526.